The molecule has 2 aromatic heterocycles. The zero-order chi connectivity index (χ0) is 24.7. The van der Waals surface area contributed by atoms with Gasteiger partial charge in [0.15, 0.2) is 5.65 Å². The Kier molecular flexibility index (Phi) is 9.75. The molecule has 0 aromatic carbocycles. The molecule has 0 radical (unpaired) electrons. The molecule has 4 atom stereocenters. The average Bonchev–Trinajstić information content (AvgIpc) is 3.41. The van der Waals surface area contributed by atoms with Crippen molar-refractivity contribution in [3.05, 3.63) is 54.3 Å². The fraction of sp³-hybridized carbons (Fsp3) is 0.560. The summed E-state index contributed by atoms with van der Waals surface area (Å²) in [6.07, 6.45) is 10.3. The third kappa shape index (κ3) is 6.10. The Morgan fingerprint density at radius 3 is 2.76 bits per heavy atom. The van der Waals surface area contributed by atoms with Gasteiger partial charge < -0.3 is 18.6 Å². The molecular weight excluding hydrogens is 449 g/mol. The van der Waals surface area contributed by atoms with Crippen LogP contribution in [0.1, 0.15) is 59.3 Å². The number of aromatic nitrogens is 3. The average molecular weight is 486 g/mol. The molecule has 3 heterocycles. The van der Waals surface area contributed by atoms with Gasteiger partial charge in [0, 0.05) is 30.3 Å². The van der Waals surface area contributed by atoms with E-state index in [0.29, 0.717) is 19.6 Å². The summed E-state index contributed by atoms with van der Waals surface area (Å²) in [6.45, 7) is 22.2. The number of ether oxygens (including phenoxy) is 1. The number of hydrogen-bond acceptors (Lipinski definition) is 6. The molecule has 9 heteroatoms. The van der Waals surface area contributed by atoms with Crippen molar-refractivity contribution in [2.24, 2.45) is 0 Å². The Balaban J connectivity index is 1.83. The van der Waals surface area contributed by atoms with Crippen molar-refractivity contribution in [3.8, 4) is 0 Å². The zero-order valence-corrected chi connectivity index (χ0v) is 21.7. The summed E-state index contributed by atoms with van der Waals surface area (Å²) < 4.78 is 23.4. The number of imidazole rings is 1. The van der Waals surface area contributed by atoms with Crippen LogP contribution >= 0.6 is 8.53 Å². The summed E-state index contributed by atoms with van der Waals surface area (Å²) in [5, 5.41) is 0. The minimum absolute atomic E-state index is 0.0677. The third-order valence-electron chi connectivity index (χ3n) is 5.67. The highest BCUT2D eigenvalue weighted by molar-refractivity contribution is 7.44. The van der Waals surface area contributed by atoms with E-state index in [0.717, 1.165) is 23.1 Å². The number of hydrogen-bond donors (Lipinski definition) is 0. The largest absolute Gasteiger partial charge is 0.352 e. The van der Waals surface area contributed by atoms with Gasteiger partial charge in [-0.15, -0.1) is 0 Å². The normalized spacial score (nSPS) is 21.8. The lowest BCUT2D eigenvalue weighted by Crippen LogP contribution is -2.35. The summed E-state index contributed by atoms with van der Waals surface area (Å²) in [7, 11) is -1.33. The standard InChI is InChI=1S/C25H36N5O3P/c1-8-10-11-20-12-13-27-25-24(20)28-17-29(25)23-16-22(21(9-2)32-23)33-34(31-15-14-26-7)30(18(3)4)19(5)6/h8,10-13,17-19,21-23H,1,9,14-16H2,2-6H3/t21-,22?,23-,34?/m1/s1. The van der Waals surface area contributed by atoms with E-state index in [2.05, 4.69) is 60.7 Å². The second-order valence-corrected chi connectivity index (χ2v) is 10.2. The van der Waals surface area contributed by atoms with Crippen LogP contribution in [0.15, 0.2) is 37.3 Å². The third-order valence-corrected chi connectivity index (χ3v) is 7.83. The number of pyridine rings is 1. The van der Waals surface area contributed by atoms with Crippen LogP contribution in [0.5, 0.6) is 0 Å². The van der Waals surface area contributed by atoms with Gasteiger partial charge in [-0.3, -0.25) is 4.57 Å². The van der Waals surface area contributed by atoms with Crippen LogP contribution in [0, 0.1) is 6.57 Å². The maximum atomic E-state index is 7.09. The molecule has 184 valence electrons. The van der Waals surface area contributed by atoms with Gasteiger partial charge in [0.25, 0.3) is 8.53 Å². The van der Waals surface area contributed by atoms with Gasteiger partial charge in [-0.1, -0.05) is 31.7 Å². The molecule has 2 aromatic rings. The predicted octanol–water partition coefficient (Wildman–Crippen LogP) is 5.99. The second kappa shape index (κ2) is 12.5. The summed E-state index contributed by atoms with van der Waals surface area (Å²) in [4.78, 5) is 12.6. The van der Waals surface area contributed by atoms with E-state index in [1.807, 2.05) is 22.8 Å². The van der Waals surface area contributed by atoms with Crippen molar-refractivity contribution in [2.75, 3.05) is 13.2 Å². The minimum Gasteiger partial charge on any atom is -0.352 e. The molecule has 0 aliphatic carbocycles. The molecular formula is C25H36N5O3P. The number of allylic oxidation sites excluding steroid dienone is 2. The maximum absolute atomic E-state index is 7.09. The van der Waals surface area contributed by atoms with Gasteiger partial charge in [-0.2, -0.15) is 0 Å². The highest BCUT2D eigenvalue weighted by Crippen LogP contribution is 2.50. The topological polar surface area (TPSA) is 66.0 Å². The lowest BCUT2D eigenvalue weighted by molar-refractivity contribution is -0.0165. The van der Waals surface area contributed by atoms with E-state index in [4.69, 9.17) is 20.4 Å². The Morgan fingerprint density at radius 2 is 2.12 bits per heavy atom. The Labute approximate surface area is 204 Å². The second-order valence-electron chi connectivity index (χ2n) is 8.76. The zero-order valence-electron chi connectivity index (χ0n) is 20.8. The Morgan fingerprint density at radius 1 is 1.35 bits per heavy atom. The summed E-state index contributed by atoms with van der Waals surface area (Å²) in [5.74, 6) is 0. The van der Waals surface area contributed by atoms with E-state index in [1.54, 1.807) is 18.6 Å². The summed E-state index contributed by atoms with van der Waals surface area (Å²) >= 11 is 0. The quantitative estimate of drug-likeness (QED) is 0.159. The van der Waals surface area contributed by atoms with E-state index in [-0.39, 0.29) is 30.5 Å². The van der Waals surface area contributed by atoms with E-state index in [1.165, 1.54) is 0 Å². The van der Waals surface area contributed by atoms with Crippen molar-refractivity contribution < 1.29 is 13.8 Å². The van der Waals surface area contributed by atoms with Crippen LogP contribution in [0.25, 0.3) is 22.1 Å². The van der Waals surface area contributed by atoms with E-state index < -0.39 is 8.53 Å². The lowest BCUT2D eigenvalue weighted by Gasteiger charge is -2.37. The van der Waals surface area contributed by atoms with Crippen molar-refractivity contribution in [1.82, 2.24) is 19.2 Å². The van der Waals surface area contributed by atoms with Gasteiger partial charge in [0.05, 0.1) is 18.5 Å². The first-order chi connectivity index (χ1) is 16.4. The van der Waals surface area contributed by atoms with Crippen LogP contribution in [0.2, 0.25) is 0 Å². The lowest BCUT2D eigenvalue weighted by atomic mass is 10.1. The number of nitrogens with zero attached hydrogens (tertiary/aromatic N) is 5. The molecule has 0 amide bonds. The molecule has 2 unspecified atom stereocenters. The first kappa shape index (κ1) is 26.5. The molecule has 0 spiro atoms. The van der Waals surface area contributed by atoms with Crippen molar-refractivity contribution >= 4 is 25.8 Å². The molecule has 3 rings (SSSR count). The Bertz CT molecular complexity index is 1010. The monoisotopic (exact) mass is 485 g/mol. The molecule has 1 saturated heterocycles. The molecule has 1 fully saturated rings. The fourth-order valence-electron chi connectivity index (χ4n) is 4.22. The highest BCUT2D eigenvalue weighted by Gasteiger charge is 2.40. The molecule has 8 nitrogen and oxygen atoms in total. The van der Waals surface area contributed by atoms with Gasteiger partial charge in [0.2, 0.25) is 6.54 Å². The molecule has 0 bridgehead atoms. The smallest absolute Gasteiger partial charge is 0.259 e. The first-order valence-corrected chi connectivity index (χ1v) is 13.0. The number of rotatable bonds is 12. The highest BCUT2D eigenvalue weighted by atomic mass is 31.2. The van der Waals surface area contributed by atoms with Crippen LogP contribution in [0.4, 0.5) is 0 Å². The molecule has 0 N–H and O–H groups in total. The van der Waals surface area contributed by atoms with Crippen molar-refractivity contribution in [3.63, 3.8) is 0 Å². The summed E-state index contributed by atoms with van der Waals surface area (Å²) in [5.41, 5.74) is 2.60. The predicted molar refractivity (Wildman–Crippen MR) is 137 cm³/mol. The summed E-state index contributed by atoms with van der Waals surface area (Å²) in [6, 6.07) is 2.44. The number of fused-ring (bicyclic) bond motifs is 1. The van der Waals surface area contributed by atoms with Gasteiger partial charge in [0.1, 0.15) is 18.4 Å². The first-order valence-electron chi connectivity index (χ1n) is 11.9. The van der Waals surface area contributed by atoms with Gasteiger partial charge >= 0.3 is 0 Å². The van der Waals surface area contributed by atoms with Crippen LogP contribution in [-0.2, 0) is 13.8 Å². The SMILES string of the molecule is [C-]#[N+]CCOP(OC1C[C@H](n2cnc3c(C=CC=C)ccnc32)O[C@@H]1CC)N(C(C)C)C(C)C. The maximum Gasteiger partial charge on any atom is 0.259 e. The fourth-order valence-corrected chi connectivity index (χ4v) is 5.97. The van der Waals surface area contributed by atoms with Crippen LogP contribution < -0.4 is 0 Å². The molecule has 1 aliphatic rings. The molecule has 34 heavy (non-hydrogen) atoms. The van der Waals surface area contributed by atoms with Crippen molar-refractivity contribution in [1.29, 1.82) is 0 Å². The van der Waals surface area contributed by atoms with Crippen LogP contribution in [0.3, 0.4) is 0 Å². The van der Waals surface area contributed by atoms with Crippen molar-refractivity contribution in [2.45, 2.75) is 78.0 Å². The van der Waals surface area contributed by atoms with E-state index in [9.17, 15) is 0 Å². The van der Waals surface area contributed by atoms with E-state index >= 15 is 0 Å². The van der Waals surface area contributed by atoms with Gasteiger partial charge in [-0.25, -0.2) is 21.2 Å². The molecule has 0 saturated carbocycles. The minimum atomic E-state index is -1.33. The van der Waals surface area contributed by atoms with Gasteiger partial charge in [-0.05, 0) is 40.2 Å². The van der Waals surface area contributed by atoms with Crippen LogP contribution in [-0.4, -0.2) is 56.6 Å². The Hall–Kier alpha value is -2.14. The molecule has 1 aliphatic heterocycles.